The number of aryl methyl sites for hydroxylation is 1. The molecule has 0 amide bonds. The molecule has 5 heteroatoms. The van der Waals surface area contributed by atoms with Gasteiger partial charge < -0.3 is 10.2 Å². The van der Waals surface area contributed by atoms with Gasteiger partial charge in [-0.3, -0.25) is 0 Å². The molecular formula is C15H12Cl2N2O. The number of nitrogen functional groups attached to an aromatic ring is 1. The summed E-state index contributed by atoms with van der Waals surface area (Å²) >= 11 is 12.1. The van der Waals surface area contributed by atoms with Gasteiger partial charge in [0.1, 0.15) is 5.52 Å². The predicted octanol–water partition coefficient (Wildman–Crippen LogP) is 5.00. The van der Waals surface area contributed by atoms with Crippen molar-refractivity contribution >= 4 is 40.0 Å². The van der Waals surface area contributed by atoms with Crippen LogP contribution >= 0.6 is 23.2 Å². The Morgan fingerprint density at radius 1 is 1.10 bits per heavy atom. The van der Waals surface area contributed by atoms with Crippen LogP contribution in [0, 0.1) is 13.8 Å². The molecule has 20 heavy (non-hydrogen) atoms. The van der Waals surface area contributed by atoms with Gasteiger partial charge in [-0.25, -0.2) is 4.98 Å². The van der Waals surface area contributed by atoms with E-state index in [2.05, 4.69) is 4.98 Å². The third kappa shape index (κ3) is 2.13. The topological polar surface area (TPSA) is 52.0 Å². The van der Waals surface area contributed by atoms with E-state index < -0.39 is 0 Å². The average molecular weight is 307 g/mol. The Balaban J connectivity index is 2.28. The molecule has 3 aromatic rings. The van der Waals surface area contributed by atoms with Crippen LogP contribution in [-0.2, 0) is 0 Å². The van der Waals surface area contributed by atoms with Gasteiger partial charge >= 0.3 is 0 Å². The Labute approximate surface area is 126 Å². The number of benzene rings is 2. The maximum Gasteiger partial charge on any atom is 0.227 e. The molecule has 2 N–H and O–H groups in total. The molecule has 0 bridgehead atoms. The van der Waals surface area contributed by atoms with Crippen LogP contribution in [0.1, 0.15) is 11.1 Å². The first-order valence-electron chi connectivity index (χ1n) is 6.08. The molecule has 2 aromatic carbocycles. The Kier molecular flexibility index (Phi) is 3.11. The van der Waals surface area contributed by atoms with Crippen molar-refractivity contribution in [2.45, 2.75) is 13.8 Å². The second-order valence-electron chi connectivity index (χ2n) is 4.77. The summed E-state index contributed by atoms with van der Waals surface area (Å²) in [5.74, 6) is 0.497. The number of fused-ring (bicyclic) bond motifs is 1. The first kappa shape index (κ1) is 13.3. The van der Waals surface area contributed by atoms with E-state index in [1.165, 1.54) is 0 Å². The lowest BCUT2D eigenvalue weighted by Crippen LogP contribution is -1.92. The highest BCUT2D eigenvalue weighted by atomic mass is 35.5. The van der Waals surface area contributed by atoms with Crippen LogP contribution in [0.15, 0.2) is 28.7 Å². The maximum atomic E-state index is 6.12. The number of hydrogen-bond donors (Lipinski definition) is 1. The summed E-state index contributed by atoms with van der Waals surface area (Å²) < 4.78 is 5.77. The largest absolute Gasteiger partial charge is 0.434 e. The van der Waals surface area contributed by atoms with E-state index in [0.29, 0.717) is 32.7 Å². The number of anilines is 1. The standard InChI is InChI=1S/C15H12Cl2N2O/c1-7-3-10(18)6-11(8(7)2)15-19-13-5-9(16)4-12(17)14(13)20-15/h3-6H,18H2,1-2H3. The van der Waals surface area contributed by atoms with Crippen molar-refractivity contribution in [3.8, 4) is 11.5 Å². The smallest absolute Gasteiger partial charge is 0.227 e. The highest BCUT2D eigenvalue weighted by Crippen LogP contribution is 2.34. The summed E-state index contributed by atoms with van der Waals surface area (Å²) in [4.78, 5) is 4.46. The molecule has 3 rings (SSSR count). The van der Waals surface area contributed by atoms with Crippen molar-refractivity contribution in [2.24, 2.45) is 0 Å². The van der Waals surface area contributed by atoms with Crippen LogP contribution in [0.4, 0.5) is 5.69 Å². The summed E-state index contributed by atoms with van der Waals surface area (Å²) in [6, 6.07) is 7.13. The minimum absolute atomic E-state index is 0.449. The number of rotatable bonds is 1. The molecule has 0 radical (unpaired) electrons. The molecule has 102 valence electrons. The Hall–Kier alpha value is -1.71. The summed E-state index contributed by atoms with van der Waals surface area (Å²) in [5, 5.41) is 0.979. The zero-order chi connectivity index (χ0) is 14.4. The molecule has 0 saturated carbocycles. The molecule has 0 fully saturated rings. The van der Waals surface area contributed by atoms with Crippen molar-refractivity contribution in [3.05, 3.63) is 45.4 Å². The number of oxazole rings is 1. The van der Waals surface area contributed by atoms with Crippen molar-refractivity contribution in [3.63, 3.8) is 0 Å². The Morgan fingerprint density at radius 3 is 2.60 bits per heavy atom. The van der Waals surface area contributed by atoms with Crippen LogP contribution in [-0.4, -0.2) is 4.98 Å². The molecular weight excluding hydrogens is 295 g/mol. The fraction of sp³-hybridized carbons (Fsp3) is 0.133. The monoisotopic (exact) mass is 306 g/mol. The molecule has 0 aliphatic heterocycles. The lowest BCUT2D eigenvalue weighted by molar-refractivity contribution is 0.619. The van der Waals surface area contributed by atoms with E-state index in [-0.39, 0.29) is 0 Å². The fourth-order valence-corrected chi connectivity index (χ4v) is 2.71. The SMILES string of the molecule is Cc1cc(N)cc(-c2nc3cc(Cl)cc(Cl)c3o2)c1C. The second-order valence-corrected chi connectivity index (χ2v) is 5.61. The van der Waals surface area contributed by atoms with E-state index in [9.17, 15) is 0 Å². The maximum absolute atomic E-state index is 6.12. The highest BCUT2D eigenvalue weighted by Gasteiger charge is 2.15. The summed E-state index contributed by atoms with van der Waals surface area (Å²) in [6.07, 6.45) is 0. The lowest BCUT2D eigenvalue weighted by atomic mass is 10.0. The molecule has 0 aliphatic rings. The van der Waals surface area contributed by atoms with E-state index in [1.807, 2.05) is 26.0 Å². The number of hydrogen-bond acceptors (Lipinski definition) is 3. The number of nitrogens with zero attached hydrogens (tertiary/aromatic N) is 1. The molecule has 0 spiro atoms. The molecule has 0 atom stereocenters. The zero-order valence-corrected chi connectivity index (χ0v) is 12.5. The second kappa shape index (κ2) is 4.69. The number of nitrogens with two attached hydrogens (primary N) is 1. The van der Waals surface area contributed by atoms with Crippen molar-refractivity contribution < 1.29 is 4.42 Å². The van der Waals surface area contributed by atoms with Gasteiger partial charge in [-0.05, 0) is 49.2 Å². The Morgan fingerprint density at radius 2 is 1.85 bits per heavy atom. The average Bonchev–Trinajstić information content (AvgIpc) is 2.77. The molecule has 1 heterocycles. The molecule has 0 saturated heterocycles. The lowest BCUT2D eigenvalue weighted by Gasteiger charge is -2.06. The third-order valence-electron chi connectivity index (χ3n) is 3.33. The van der Waals surface area contributed by atoms with E-state index in [0.717, 1.165) is 16.7 Å². The molecule has 0 unspecified atom stereocenters. The summed E-state index contributed by atoms with van der Waals surface area (Å²) in [6.45, 7) is 4.01. The molecule has 1 aromatic heterocycles. The van der Waals surface area contributed by atoms with Gasteiger partial charge in [0.2, 0.25) is 5.89 Å². The van der Waals surface area contributed by atoms with Gasteiger partial charge in [0.25, 0.3) is 0 Å². The summed E-state index contributed by atoms with van der Waals surface area (Å²) in [5.41, 5.74) is 10.8. The minimum atomic E-state index is 0.449. The first-order valence-corrected chi connectivity index (χ1v) is 6.84. The quantitative estimate of drug-likeness (QED) is 0.644. The molecule has 3 nitrogen and oxygen atoms in total. The third-order valence-corrected chi connectivity index (χ3v) is 3.83. The normalized spacial score (nSPS) is 11.2. The van der Waals surface area contributed by atoms with Gasteiger partial charge in [0.15, 0.2) is 5.58 Å². The highest BCUT2D eigenvalue weighted by molar-refractivity contribution is 6.38. The van der Waals surface area contributed by atoms with Crippen LogP contribution < -0.4 is 5.73 Å². The predicted molar refractivity (Wildman–Crippen MR) is 83.4 cm³/mol. The van der Waals surface area contributed by atoms with Crippen molar-refractivity contribution in [1.82, 2.24) is 4.98 Å². The Bertz CT molecular complexity index is 824. The number of aromatic nitrogens is 1. The fourth-order valence-electron chi connectivity index (χ4n) is 2.18. The zero-order valence-electron chi connectivity index (χ0n) is 11.0. The van der Waals surface area contributed by atoms with Gasteiger partial charge in [0, 0.05) is 16.3 Å². The van der Waals surface area contributed by atoms with Crippen LogP contribution in [0.2, 0.25) is 10.0 Å². The summed E-state index contributed by atoms with van der Waals surface area (Å²) in [7, 11) is 0. The first-order chi connectivity index (χ1) is 9.45. The van der Waals surface area contributed by atoms with Crippen LogP contribution in [0.3, 0.4) is 0 Å². The van der Waals surface area contributed by atoms with Gasteiger partial charge in [-0.1, -0.05) is 23.2 Å². The minimum Gasteiger partial charge on any atom is -0.434 e. The van der Waals surface area contributed by atoms with Crippen LogP contribution in [0.25, 0.3) is 22.6 Å². The van der Waals surface area contributed by atoms with Gasteiger partial charge in [-0.2, -0.15) is 0 Å². The van der Waals surface area contributed by atoms with Gasteiger partial charge in [-0.15, -0.1) is 0 Å². The van der Waals surface area contributed by atoms with E-state index >= 15 is 0 Å². The molecule has 0 aliphatic carbocycles. The van der Waals surface area contributed by atoms with Gasteiger partial charge in [0.05, 0.1) is 5.02 Å². The van der Waals surface area contributed by atoms with E-state index in [4.69, 9.17) is 33.4 Å². The van der Waals surface area contributed by atoms with Crippen molar-refractivity contribution in [1.29, 1.82) is 0 Å². The van der Waals surface area contributed by atoms with Crippen molar-refractivity contribution in [2.75, 3.05) is 5.73 Å². The number of halogens is 2. The van der Waals surface area contributed by atoms with Crippen LogP contribution in [0.5, 0.6) is 0 Å². The van der Waals surface area contributed by atoms with E-state index in [1.54, 1.807) is 12.1 Å².